The van der Waals surface area contributed by atoms with Gasteiger partial charge in [0.25, 0.3) is 0 Å². The first-order chi connectivity index (χ1) is 7.68. The lowest BCUT2D eigenvalue weighted by molar-refractivity contribution is -0.0417. The van der Waals surface area contributed by atoms with Gasteiger partial charge < -0.3 is 0 Å². The number of likely N-dealkylation sites (tertiary alicyclic amines) is 1. The molecule has 2 unspecified atom stereocenters. The van der Waals surface area contributed by atoms with Crippen molar-refractivity contribution in [1.29, 1.82) is 0 Å². The van der Waals surface area contributed by atoms with Crippen LogP contribution in [0.5, 0.6) is 0 Å². The van der Waals surface area contributed by atoms with Crippen LogP contribution in [0.3, 0.4) is 0 Å². The topological polar surface area (TPSA) is 3.24 Å². The maximum atomic E-state index is 2.77. The van der Waals surface area contributed by atoms with Crippen molar-refractivity contribution in [3.8, 4) is 0 Å². The van der Waals surface area contributed by atoms with Gasteiger partial charge in [-0.15, -0.1) is 0 Å². The van der Waals surface area contributed by atoms with Gasteiger partial charge in [-0.25, -0.2) is 0 Å². The molecule has 1 rings (SSSR count). The molecule has 1 aliphatic heterocycles. The van der Waals surface area contributed by atoms with E-state index in [1.807, 2.05) is 0 Å². The largest absolute Gasteiger partial charge is 0.295 e. The molecule has 1 nitrogen and oxygen atoms in total. The van der Waals surface area contributed by atoms with Crippen molar-refractivity contribution in [2.45, 2.75) is 85.7 Å². The van der Waals surface area contributed by atoms with E-state index in [1.54, 1.807) is 0 Å². The fourth-order valence-electron chi connectivity index (χ4n) is 3.68. The Morgan fingerprint density at radius 2 is 1.65 bits per heavy atom. The van der Waals surface area contributed by atoms with Gasteiger partial charge in [0.15, 0.2) is 0 Å². The van der Waals surface area contributed by atoms with Crippen molar-refractivity contribution >= 4 is 0 Å². The first kappa shape index (κ1) is 15.0. The van der Waals surface area contributed by atoms with Gasteiger partial charge in [0.05, 0.1) is 0 Å². The molecule has 17 heavy (non-hydrogen) atoms. The van der Waals surface area contributed by atoms with E-state index in [-0.39, 0.29) is 0 Å². The third-order valence-electron chi connectivity index (χ3n) is 4.16. The average Bonchev–Trinajstić information content (AvgIpc) is 2.14. The second-order valence-corrected chi connectivity index (χ2v) is 7.87. The lowest BCUT2D eigenvalue weighted by Gasteiger charge is -2.53. The number of hydrogen-bond acceptors (Lipinski definition) is 1. The molecule has 1 fully saturated rings. The lowest BCUT2D eigenvalue weighted by atomic mass is 9.71. The van der Waals surface area contributed by atoms with E-state index in [0.717, 1.165) is 12.0 Å². The fourth-order valence-corrected chi connectivity index (χ4v) is 3.68. The van der Waals surface area contributed by atoms with Crippen LogP contribution in [0, 0.1) is 11.3 Å². The first-order valence-corrected chi connectivity index (χ1v) is 7.44. The summed E-state index contributed by atoms with van der Waals surface area (Å²) in [6.07, 6.45) is 5.54. The van der Waals surface area contributed by atoms with Gasteiger partial charge in [0, 0.05) is 11.6 Å². The Bertz CT molecular complexity index is 229. The molecule has 102 valence electrons. The van der Waals surface area contributed by atoms with Crippen LogP contribution in [0.25, 0.3) is 0 Å². The number of piperidine rings is 1. The highest BCUT2D eigenvalue weighted by atomic mass is 15.2. The van der Waals surface area contributed by atoms with Crippen LogP contribution in [-0.4, -0.2) is 23.0 Å². The molecule has 1 heteroatoms. The number of rotatable bonds is 2. The predicted octanol–water partition coefficient (Wildman–Crippen LogP) is 4.71. The maximum absolute atomic E-state index is 2.77. The third-order valence-corrected chi connectivity index (χ3v) is 4.16. The van der Waals surface area contributed by atoms with Crippen LogP contribution in [0.2, 0.25) is 0 Å². The number of nitrogens with zero attached hydrogens (tertiary/aromatic N) is 1. The van der Waals surface area contributed by atoms with E-state index < -0.39 is 0 Å². The second-order valence-electron chi connectivity index (χ2n) is 7.87. The van der Waals surface area contributed by atoms with E-state index in [0.29, 0.717) is 11.0 Å². The molecule has 2 atom stereocenters. The van der Waals surface area contributed by atoms with Crippen molar-refractivity contribution in [1.82, 2.24) is 4.90 Å². The summed E-state index contributed by atoms with van der Waals surface area (Å²) < 4.78 is 0. The number of hydrogen-bond donors (Lipinski definition) is 0. The first-order valence-electron chi connectivity index (χ1n) is 7.44. The van der Waals surface area contributed by atoms with Crippen LogP contribution in [0.1, 0.15) is 74.1 Å². The quantitative estimate of drug-likeness (QED) is 0.674. The van der Waals surface area contributed by atoms with Gasteiger partial charge >= 0.3 is 0 Å². The molecule has 1 heterocycles. The molecular formula is C16H33N. The Balaban J connectivity index is 2.96. The molecule has 1 aliphatic rings. The Labute approximate surface area is 109 Å². The fraction of sp³-hybridized carbons (Fsp3) is 1.00. The van der Waals surface area contributed by atoms with E-state index >= 15 is 0 Å². The lowest BCUT2D eigenvalue weighted by Crippen LogP contribution is -2.58. The predicted molar refractivity (Wildman–Crippen MR) is 77.3 cm³/mol. The summed E-state index contributed by atoms with van der Waals surface area (Å²) in [5.41, 5.74) is 0.706. The summed E-state index contributed by atoms with van der Waals surface area (Å²) in [5, 5.41) is 0. The van der Waals surface area contributed by atoms with E-state index in [1.165, 1.54) is 32.2 Å². The van der Waals surface area contributed by atoms with Gasteiger partial charge in [-0.05, 0) is 57.9 Å². The highest BCUT2D eigenvalue weighted by Crippen LogP contribution is 2.41. The molecule has 0 aliphatic carbocycles. The van der Waals surface area contributed by atoms with Crippen molar-refractivity contribution in [2.24, 2.45) is 11.3 Å². The Kier molecular flexibility index (Phi) is 4.68. The van der Waals surface area contributed by atoms with Crippen molar-refractivity contribution < 1.29 is 0 Å². The molecule has 0 saturated carbocycles. The van der Waals surface area contributed by atoms with Crippen molar-refractivity contribution in [3.63, 3.8) is 0 Å². The molecule has 0 spiro atoms. The Hall–Kier alpha value is -0.0400. The van der Waals surface area contributed by atoms with Crippen LogP contribution in [0.4, 0.5) is 0 Å². The minimum absolute atomic E-state index is 0.310. The maximum Gasteiger partial charge on any atom is 0.0177 e. The van der Waals surface area contributed by atoms with E-state index in [2.05, 4.69) is 53.4 Å². The molecule has 1 saturated heterocycles. The second kappa shape index (κ2) is 5.30. The van der Waals surface area contributed by atoms with E-state index in [4.69, 9.17) is 0 Å². The Morgan fingerprint density at radius 1 is 1.06 bits per heavy atom. The summed E-state index contributed by atoms with van der Waals surface area (Å²) in [6, 6.07) is 0.746. The minimum atomic E-state index is 0.310. The van der Waals surface area contributed by atoms with Crippen LogP contribution in [-0.2, 0) is 0 Å². The standard InChI is InChI=1S/C16H33N/c1-8-10-13-11-9-12-17(16(5,6)7)14(13)15(2,3)4/h13-14H,8-12H2,1-7H3. The smallest absolute Gasteiger partial charge is 0.0177 e. The average molecular weight is 239 g/mol. The van der Waals surface area contributed by atoms with Gasteiger partial charge in [-0.1, -0.05) is 34.1 Å². The summed E-state index contributed by atoms with van der Waals surface area (Å²) in [7, 11) is 0. The summed E-state index contributed by atoms with van der Waals surface area (Å²) >= 11 is 0. The van der Waals surface area contributed by atoms with Gasteiger partial charge in [-0.2, -0.15) is 0 Å². The van der Waals surface area contributed by atoms with E-state index in [9.17, 15) is 0 Å². The molecule has 0 aromatic heterocycles. The molecule has 0 amide bonds. The van der Waals surface area contributed by atoms with Gasteiger partial charge in [0.2, 0.25) is 0 Å². The SMILES string of the molecule is CCCC1CCCN(C(C)(C)C)C1C(C)(C)C. The molecular weight excluding hydrogens is 206 g/mol. The third kappa shape index (κ3) is 3.71. The highest BCUT2D eigenvalue weighted by Gasteiger charge is 2.42. The van der Waals surface area contributed by atoms with Crippen LogP contribution in [0.15, 0.2) is 0 Å². The summed E-state index contributed by atoms with van der Waals surface area (Å²) in [4.78, 5) is 2.77. The zero-order valence-corrected chi connectivity index (χ0v) is 13.1. The molecule has 0 N–H and O–H groups in total. The van der Waals surface area contributed by atoms with Crippen LogP contribution < -0.4 is 0 Å². The highest BCUT2D eigenvalue weighted by molar-refractivity contribution is 4.96. The normalized spacial score (nSPS) is 28.4. The summed E-state index contributed by atoms with van der Waals surface area (Å²) in [6.45, 7) is 18.0. The molecule has 0 aromatic carbocycles. The minimum Gasteiger partial charge on any atom is -0.295 e. The molecule has 0 aromatic rings. The molecule has 0 radical (unpaired) electrons. The molecule has 0 bridgehead atoms. The van der Waals surface area contributed by atoms with Crippen LogP contribution >= 0.6 is 0 Å². The Morgan fingerprint density at radius 3 is 2.06 bits per heavy atom. The zero-order chi connectivity index (χ0) is 13.3. The van der Waals surface area contributed by atoms with Gasteiger partial charge in [-0.3, -0.25) is 4.90 Å². The van der Waals surface area contributed by atoms with Crippen molar-refractivity contribution in [3.05, 3.63) is 0 Å². The zero-order valence-electron chi connectivity index (χ0n) is 13.1. The monoisotopic (exact) mass is 239 g/mol. The van der Waals surface area contributed by atoms with Crippen molar-refractivity contribution in [2.75, 3.05) is 6.54 Å². The summed E-state index contributed by atoms with van der Waals surface area (Å²) in [5.74, 6) is 0.896. The van der Waals surface area contributed by atoms with Gasteiger partial charge in [0.1, 0.15) is 0 Å².